The molecule has 104 valence electrons. The van der Waals surface area contributed by atoms with Gasteiger partial charge in [-0.1, -0.05) is 0 Å². The molecule has 0 radical (unpaired) electrons. The van der Waals surface area contributed by atoms with E-state index in [1.807, 2.05) is 48.2 Å². The molecule has 0 saturated carbocycles. The minimum absolute atomic E-state index is 0.125. The summed E-state index contributed by atoms with van der Waals surface area (Å²) in [5.74, 6) is 0.125. The first-order chi connectivity index (χ1) is 9.11. The van der Waals surface area contributed by atoms with Crippen molar-refractivity contribution in [2.45, 2.75) is 18.9 Å². The van der Waals surface area contributed by atoms with Crippen molar-refractivity contribution in [2.24, 2.45) is 0 Å². The zero-order chi connectivity index (χ0) is 13.8. The van der Waals surface area contributed by atoms with Crippen molar-refractivity contribution in [3.63, 3.8) is 0 Å². The lowest BCUT2D eigenvalue weighted by Crippen LogP contribution is -2.40. The van der Waals surface area contributed by atoms with Gasteiger partial charge in [0.2, 0.25) is 0 Å². The van der Waals surface area contributed by atoms with Crippen LogP contribution in [0.5, 0.6) is 0 Å². The summed E-state index contributed by atoms with van der Waals surface area (Å²) in [4.78, 5) is 16.3. The Kier molecular flexibility index (Phi) is 4.43. The zero-order valence-electron chi connectivity index (χ0n) is 11.9. The molecule has 2 rings (SSSR count). The predicted octanol–water partition coefficient (Wildman–Crippen LogP) is 2.00. The van der Waals surface area contributed by atoms with Crippen molar-refractivity contribution in [3.05, 3.63) is 29.8 Å². The molecular weight excluding hydrogens is 240 g/mol. The topological polar surface area (TPSA) is 32.8 Å². The maximum Gasteiger partial charge on any atom is 0.253 e. The quantitative estimate of drug-likeness (QED) is 0.835. The number of rotatable bonds is 3. The molecule has 0 N–H and O–H groups in total. The summed E-state index contributed by atoms with van der Waals surface area (Å²) >= 11 is 0. The predicted molar refractivity (Wildman–Crippen MR) is 76.7 cm³/mol. The second-order valence-electron chi connectivity index (χ2n) is 5.17. The van der Waals surface area contributed by atoms with E-state index in [0.29, 0.717) is 6.10 Å². The van der Waals surface area contributed by atoms with Gasteiger partial charge in [-0.05, 0) is 37.1 Å². The van der Waals surface area contributed by atoms with Crippen LogP contribution in [0.15, 0.2) is 24.3 Å². The third-order valence-corrected chi connectivity index (χ3v) is 3.69. The number of ether oxygens (including phenoxy) is 1. The average Bonchev–Trinajstić information content (AvgIpc) is 2.46. The molecule has 1 heterocycles. The lowest BCUT2D eigenvalue weighted by Gasteiger charge is -2.31. The Morgan fingerprint density at radius 3 is 2.26 bits per heavy atom. The molecule has 19 heavy (non-hydrogen) atoms. The molecule has 0 atom stereocenters. The highest BCUT2D eigenvalue weighted by Crippen LogP contribution is 2.18. The molecular formula is C15H22N2O2. The van der Waals surface area contributed by atoms with Crippen LogP contribution in [0.3, 0.4) is 0 Å². The van der Waals surface area contributed by atoms with Gasteiger partial charge in [-0.25, -0.2) is 0 Å². The van der Waals surface area contributed by atoms with Crippen LogP contribution in [0, 0.1) is 0 Å². The number of carbonyl (C=O) groups is 1. The van der Waals surface area contributed by atoms with Gasteiger partial charge in [0.25, 0.3) is 5.91 Å². The van der Waals surface area contributed by atoms with Gasteiger partial charge in [0.1, 0.15) is 0 Å². The first-order valence-electron chi connectivity index (χ1n) is 6.71. The minimum atomic E-state index is 0.125. The van der Waals surface area contributed by atoms with Crippen LogP contribution >= 0.6 is 0 Å². The fourth-order valence-electron chi connectivity index (χ4n) is 2.38. The number of methoxy groups -OCH3 is 1. The van der Waals surface area contributed by atoms with Crippen LogP contribution < -0.4 is 4.90 Å². The first-order valence-corrected chi connectivity index (χ1v) is 6.71. The van der Waals surface area contributed by atoms with Gasteiger partial charge in [0, 0.05) is 45.5 Å². The summed E-state index contributed by atoms with van der Waals surface area (Å²) in [5, 5.41) is 0. The number of amides is 1. The van der Waals surface area contributed by atoms with Gasteiger partial charge in [-0.2, -0.15) is 0 Å². The average molecular weight is 262 g/mol. The van der Waals surface area contributed by atoms with Gasteiger partial charge in [-0.15, -0.1) is 0 Å². The Balaban J connectivity index is 2.00. The third kappa shape index (κ3) is 3.26. The fraction of sp³-hybridized carbons (Fsp3) is 0.533. The van der Waals surface area contributed by atoms with Crippen molar-refractivity contribution < 1.29 is 9.53 Å². The smallest absolute Gasteiger partial charge is 0.253 e. The third-order valence-electron chi connectivity index (χ3n) is 3.69. The van der Waals surface area contributed by atoms with E-state index in [1.54, 1.807) is 7.11 Å². The number of carbonyl (C=O) groups excluding carboxylic acids is 1. The van der Waals surface area contributed by atoms with Crippen LogP contribution in [-0.2, 0) is 4.74 Å². The number of hydrogen-bond acceptors (Lipinski definition) is 3. The monoisotopic (exact) mass is 262 g/mol. The van der Waals surface area contributed by atoms with Crippen LogP contribution in [0.4, 0.5) is 5.69 Å². The first kappa shape index (κ1) is 13.9. The highest BCUT2D eigenvalue weighted by Gasteiger charge is 2.23. The largest absolute Gasteiger partial charge is 0.381 e. The van der Waals surface area contributed by atoms with Gasteiger partial charge in [0.05, 0.1) is 6.10 Å². The molecule has 1 aliphatic rings. The molecule has 1 aliphatic heterocycles. The molecule has 0 spiro atoms. The van der Waals surface area contributed by atoms with Gasteiger partial charge < -0.3 is 14.5 Å². The summed E-state index contributed by atoms with van der Waals surface area (Å²) in [5.41, 5.74) is 1.87. The van der Waals surface area contributed by atoms with E-state index < -0.39 is 0 Å². The van der Waals surface area contributed by atoms with E-state index in [9.17, 15) is 4.79 Å². The maximum atomic E-state index is 12.3. The fourth-order valence-corrected chi connectivity index (χ4v) is 2.38. The standard InChI is InChI=1S/C15H22N2O2/c1-16(2)13-6-4-12(5-7-13)15(18)17-10-8-14(19-3)9-11-17/h4-7,14H,8-11H2,1-3H3. The van der Waals surface area contributed by atoms with Crippen molar-refractivity contribution in [2.75, 3.05) is 39.2 Å². The lowest BCUT2D eigenvalue weighted by molar-refractivity contribution is 0.0351. The highest BCUT2D eigenvalue weighted by atomic mass is 16.5. The number of hydrogen-bond donors (Lipinski definition) is 0. The Labute approximate surface area is 115 Å². The second kappa shape index (κ2) is 6.06. The Morgan fingerprint density at radius 2 is 1.79 bits per heavy atom. The number of likely N-dealkylation sites (tertiary alicyclic amines) is 1. The van der Waals surface area contributed by atoms with Gasteiger partial charge in [-0.3, -0.25) is 4.79 Å². The summed E-state index contributed by atoms with van der Waals surface area (Å²) in [7, 11) is 5.72. The SMILES string of the molecule is COC1CCN(C(=O)c2ccc(N(C)C)cc2)CC1. The molecule has 4 heteroatoms. The van der Waals surface area contributed by atoms with E-state index in [0.717, 1.165) is 37.2 Å². The maximum absolute atomic E-state index is 12.3. The molecule has 4 nitrogen and oxygen atoms in total. The molecule has 1 aromatic rings. The number of benzene rings is 1. The number of piperidine rings is 1. The normalized spacial score (nSPS) is 16.5. The highest BCUT2D eigenvalue weighted by molar-refractivity contribution is 5.94. The second-order valence-corrected chi connectivity index (χ2v) is 5.17. The van der Waals surface area contributed by atoms with Crippen molar-refractivity contribution in [1.29, 1.82) is 0 Å². The van der Waals surface area contributed by atoms with E-state index in [4.69, 9.17) is 4.74 Å². The number of nitrogens with zero attached hydrogens (tertiary/aromatic N) is 2. The molecule has 1 amide bonds. The Hall–Kier alpha value is -1.55. The minimum Gasteiger partial charge on any atom is -0.381 e. The molecule has 0 aromatic heterocycles. The lowest BCUT2D eigenvalue weighted by atomic mass is 10.1. The molecule has 0 unspecified atom stereocenters. The molecule has 1 aromatic carbocycles. The summed E-state index contributed by atoms with van der Waals surface area (Å²) in [6.45, 7) is 1.57. The van der Waals surface area contributed by atoms with E-state index >= 15 is 0 Å². The van der Waals surface area contributed by atoms with Crippen molar-refractivity contribution in [3.8, 4) is 0 Å². The van der Waals surface area contributed by atoms with Crippen LogP contribution in [0.2, 0.25) is 0 Å². The van der Waals surface area contributed by atoms with Crippen LogP contribution in [-0.4, -0.2) is 51.2 Å². The Morgan fingerprint density at radius 1 is 1.21 bits per heavy atom. The van der Waals surface area contributed by atoms with Crippen LogP contribution in [0.25, 0.3) is 0 Å². The molecule has 0 aliphatic carbocycles. The van der Waals surface area contributed by atoms with E-state index in [1.165, 1.54) is 0 Å². The number of anilines is 1. The van der Waals surface area contributed by atoms with Crippen molar-refractivity contribution in [1.82, 2.24) is 4.90 Å². The summed E-state index contributed by atoms with van der Waals surface area (Å²) in [6.07, 6.45) is 2.16. The van der Waals surface area contributed by atoms with Crippen molar-refractivity contribution >= 4 is 11.6 Å². The molecule has 1 saturated heterocycles. The van der Waals surface area contributed by atoms with E-state index in [-0.39, 0.29) is 5.91 Å². The van der Waals surface area contributed by atoms with Crippen LogP contribution in [0.1, 0.15) is 23.2 Å². The van der Waals surface area contributed by atoms with Gasteiger partial charge in [0.15, 0.2) is 0 Å². The Bertz CT molecular complexity index is 420. The molecule has 0 bridgehead atoms. The molecule has 1 fully saturated rings. The summed E-state index contributed by atoms with van der Waals surface area (Å²) < 4.78 is 5.32. The van der Waals surface area contributed by atoms with E-state index in [2.05, 4.69) is 0 Å². The zero-order valence-corrected chi connectivity index (χ0v) is 11.9. The summed E-state index contributed by atoms with van der Waals surface area (Å²) in [6, 6.07) is 7.77. The van der Waals surface area contributed by atoms with Gasteiger partial charge >= 0.3 is 0 Å².